The smallest absolute Gasteiger partial charge is 1.00 e. The van der Waals surface area contributed by atoms with E-state index >= 15 is 0 Å². The number of nitrogens with one attached hydrogen (secondary N) is 1. The quantitative estimate of drug-likeness (QED) is 0.0677. The van der Waals surface area contributed by atoms with Crippen LogP contribution < -0.4 is 129 Å². The van der Waals surface area contributed by atoms with E-state index in [1.165, 1.54) is 18.5 Å². The van der Waals surface area contributed by atoms with Crippen LogP contribution >= 0.6 is 32.9 Å². The topological polar surface area (TPSA) is 206 Å². The van der Waals surface area contributed by atoms with Crippen LogP contribution in [0.2, 0.25) is 0 Å². The first-order chi connectivity index (χ1) is 23.8. The van der Waals surface area contributed by atoms with Crippen LogP contribution in [0.4, 0.5) is 0 Å². The number of halogens is 2. The number of methoxy groups -OCH3 is 2. The van der Waals surface area contributed by atoms with Gasteiger partial charge in [0.15, 0.2) is 0 Å². The summed E-state index contributed by atoms with van der Waals surface area (Å²) in [5, 5.41) is 25.5. The van der Waals surface area contributed by atoms with Crippen LogP contribution in [0.15, 0.2) is 138 Å². The van der Waals surface area contributed by atoms with Gasteiger partial charge in [0.25, 0.3) is 6.47 Å². The average molecular weight is 890 g/mol. The molecule has 0 aliphatic heterocycles. The number of carbonyl (C=O) groups is 1. The first kappa shape index (κ1) is 52.1. The summed E-state index contributed by atoms with van der Waals surface area (Å²) in [6.45, 7) is -0.181. The van der Waals surface area contributed by atoms with Gasteiger partial charge >= 0.3 is 110 Å². The second-order valence-corrected chi connectivity index (χ2v) is 9.78. The molecule has 0 saturated heterocycles. The van der Waals surface area contributed by atoms with Gasteiger partial charge in [-0.15, -0.1) is 17.0 Å². The normalized spacial score (nSPS) is 8.65. The molecule has 6 aromatic rings. The molecule has 0 spiro atoms. The number of ether oxygens (including phenoxy) is 2. The molecular formula is C33H33BBr2K2N6O8. The number of aromatic amines is 1. The summed E-state index contributed by atoms with van der Waals surface area (Å²) in [6, 6.07) is 21.6. The molecule has 3 N–H and O–H groups in total. The maximum atomic E-state index is 10.8. The van der Waals surface area contributed by atoms with Crippen LogP contribution in [0, 0.1) is 0 Å². The second-order valence-electron chi connectivity index (χ2n) is 8.87. The van der Waals surface area contributed by atoms with E-state index in [9.17, 15) is 4.79 Å². The number of rotatable bonds is 6. The molecule has 0 amide bonds. The molecule has 0 bridgehead atoms. The molecule has 6 heterocycles. The largest absolute Gasteiger partial charge is 1.00 e. The van der Waals surface area contributed by atoms with E-state index in [-0.39, 0.29) is 133 Å². The van der Waals surface area contributed by atoms with E-state index in [0.717, 1.165) is 26.7 Å². The summed E-state index contributed by atoms with van der Waals surface area (Å²) in [5.74, 6) is 1.26. The Morgan fingerprint density at radius 2 is 1.15 bits per heavy atom. The number of nitrogens with zero attached hydrogens (tertiary/aromatic N) is 5. The number of carbonyl (C=O) groups excluding carboxylic acids is 1. The molecule has 0 aromatic carbocycles. The first-order valence-corrected chi connectivity index (χ1v) is 14.7. The van der Waals surface area contributed by atoms with Gasteiger partial charge in [-0.25, -0.2) is 9.97 Å². The minimum absolute atomic E-state index is 0. The Bertz CT molecular complexity index is 1800. The van der Waals surface area contributed by atoms with Crippen molar-refractivity contribution in [2.75, 3.05) is 14.2 Å². The van der Waals surface area contributed by atoms with Gasteiger partial charge in [0.1, 0.15) is 0 Å². The predicted octanol–water partition coefficient (Wildman–Crippen LogP) is -2.66. The van der Waals surface area contributed by atoms with E-state index < -0.39 is 7.12 Å². The first-order valence-electron chi connectivity index (χ1n) is 13.9. The van der Waals surface area contributed by atoms with Crippen molar-refractivity contribution in [3.63, 3.8) is 0 Å². The van der Waals surface area contributed by atoms with Crippen molar-refractivity contribution >= 4 is 52.0 Å². The van der Waals surface area contributed by atoms with Crippen molar-refractivity contribution < 1.29 is 139 Å². The van der Waals surface area contributed by atoms with E-state index in [4.69, 9.17) is 29.6 Å². The summed E-state index contributed by atoms with van der Waals surface area (Å²) in [7, 11) is 1.82. The standard InChI is InChI=1S/C11H10N2O.C10H8N2O.C6H6BrNO.C5H6BNO2.CH2O3.BrH.2K.H/c1-14-11-3-2-10(8-13-11)9-4-6-12-7-5-9;13-10-2-1-9(7-12-10)8-3-5-11-6-4-8;1-9-6-3-2-5(7)4-8-6;8-6(9)5-1-3-7-4-2-5;2-1-4-3;;;;/h2-8H,1H3;1-7H,(H,12,13);2-4H,1H3;1-4,8-9H;1,3H;1H;;;/q;;;;;;2*+1;-1/p-1. The fourth-order valence-electron chi connectivity index (χ4n) is 3.37. The van der Waals surface area contributed by atoms with Crippen LogP contribution in [-0.2, 0) is 9.68 Å². The SMILES string of the molecule is Br.COc1ccc(-c2ccncc2)cn1.COc1ccc(Br)cn1.O=CO[O-].O=c1ccc(-c2ccncc2)c[nH]1.OB(O)c1ccncc1.[H-].[K+].[K+]. The second kappa shape index (κ2) is 32.4. The minimum Gasteiger partial charge on any atom is -1.00 e. The average Bonchev–Trinajstić information content (AvgIpc) is 3.17. The zero-order valence-electron chi connectivity index (χ0n) is 29.6. The number of aromatic nitrogens is 6. The molecule has 0 atom stereocenters. The van der Waals surface area contributed by atoms with Crippen molar-refractivity contribution in [1.29, 1.82) is 0 Å². The van der Waals surface area contributed by atoms with Crippen molar-refractivity contribution in [3.05, 3.63) is 143 Å². The minimum atomic E-state index is -1.38. The Labute approximate surface area is 406 Å². The molecule has 6 aromatic heterocycles. The van der Waals surface area contributed by atoms with E-state index in [2.05, 4.69) is 50.7 Å². The van der Waals surface area contributed by atoms with Crippen LogP contribution in [0.5, 0.6) is 11.8 Å². The molecular weight excluding hydrogens is 857 g/mol. The molecule has 0 radical (unpaired) electrons. The van der Waals surface area contributed by atoms with E-state index in [0.29, 0.717) is 17.2 Å². The molecule has 0 saturated carbocycles. The number of hydrogen-bond donors (Lipinski definition) is 3. The number of H-pyrrole nitrogens is 1. The van der Waals surface area contributed by atoms with Crippen molar-refractivity contribution in [2.45, 2.75) is 0 Å². The van der Waals surface area contributed by atoms with Gasteiger partial charge in [-0.3, -0.25) is 24.5 Å². The maximum absolute atomic E-state index is 10.8. The van der Waals surface area contributed by atoms with Crippen molar-refractivity contribution in [2.24, 2.45) is 0 Å². The number of pyridine rings is 6. The van der Waals surface area contributed by atoms with Crippen LogP contribution in [0.25, 0.3) is 22.3 Å². The fourth-order valence-corrected chi connectivity index (χ4v) is 3.60. The van der Waals surface area contributed by atoms with Crippen molar-refractivity contribution in [1.82, 2.24) is 29.9 Å². The van der Waals surface area contributed by atoms with Gasteiger partial charge in [0, 0.05) is 84.0 Å². The molecule has 0 aliphatic rings. The molecule has 14 nitrogen and oxygen atoms in total. The summed E-state index contributed by atoms with van der Waals surface area (Å²) in [6.07, 6.45) is 15.2. The Balaban J connectivity index is -0.000000602. The third-order valence-electron chi connectivity index (χ3n) is 5.71. The van der Waals surface area contributed by atoms with E-state index in [1.807, 2.05) is 42.5 Å². The van der Waals surface area contributed by atoms with Crippen LogP contribution in [0.3, 0.4) is 0 Å². The molecule has 262 valence electrons. The Kier molecular flexibility index (Phi) is 32.4. The summed E-state index contributed by atoms with van der Waals surface area (Å²) < 4.78 is 10.8. The van der Waals surface area contributed by atoms with Gasteiger partial charge in [-0.2, -0.15) is 0 Å². The monoisotopic (exact) mass is 888 g/mol. The summed E-state index contributed by atoms with van der Waals surface area (Å²) in [5.41, 5.74) is 4.58. The maximum Gasteiger partial charge on any atom is 1.00 e. The summed E-state index contributed by atoms with van der Waals surface area (Å²) in [4.78, 5) is 44.3. The van der Waals surface area contributed by atoms with Gasteiger partial charge in [-0.05, 0) is 92.7 Å². The van der Waals surface area contributed by atoms with Crippen molar-refractivity contribution in [3.8, 4) is 34.0 Å². The molecule has 52 heavy (non-hydrogen) atoms. The molecule has 6 rings (SSSR count). The zero-order chi connectivity index (χ0) is 35.7. The van der Waals surface area contributed by atoms with E-state index in [1.54, 1.807) is 81.9 Å². The van der Waals surface area contributed by atoms with Gasteiger partial charge < -0.3 is 36.1 Å². The molecule has 19 heteroatoms. The predicted molar refractivity (Wildman–Crippen MR) is 195 cm³/mol. The van der Waals surface area contributed by atoms with Crippen LogP contribution in [-0.4, -0.2) is 67.8 Å². The Hall–Kier alpha value is -2.05. The molecule has 0 aliphatic carbocycles. The molecule has 0 unspecified atom stereocenters. The Morgan fingerprint density at radius 3 is 1.50 bits per heavy atom. The Morgan fingerprint density at radius 1 is 0.712 bits per heavy atom. The summed E-state index contributed by atoms with van der Waals surface area (Å²) >= 11 is 3.26. The fraction of sp³-hybridized carbons (Fsp3) is 0.0606. The molecule has 0 fully saturated rings. The zero-order valence-corrected chi connectivity index (χ0v) is 38.2. The van der Waals surface area contributed by atoms with Gasteiger partial charge in [0.2, 0.25) is 17.3 Å². The van der Waals surface area contributed by atoms with Gasteiger partial charge in [0.05, 0.1) is 14.2 Å². The number of hydrogen-bond acceptors (Lipinski definition) is 13. The third kappa shape index (κ3) is 22.2. The third-order valence-corrected chi connectivity index (χ3v) is 6.18. The van der Waals surface area contributed by atoms with Crippen LogP contribution in [0.1, 0.15) is 1.43 Å². The van der Waals surface area contributed by atoms with Gasteiger partial charge in [-0.1, -0.05) is 0 Å².